The first-order chi connectivity index (χ1) is 8.09. The Kier molecular flexibility index (Phi) is 3.33. The second kappa shape index (κ2) is 4.75. The Morgan fingerprint density at radius 3 is 2.71 bits per heavy atom. The van der Waals surface area contributed by atoms with Gasteiger partial charge in [-0.1, -0.05) is 12.1 Å². The van der Waals surface area contributed by atoms with E-state index in [9.17, 15) is 0 Å². The largest absolute Gasteiger partial charge is 0.397 e. The average Bonchev–Trinajstić information content (AvgIpc) is 2.64. The van der Waals surface area contributed by atoms with Crippen LogP contribution in [-0.2, 0) is 6.54 Å². The number of rotatable bonds is 3. The van der Waals surface area contributed by atoms with Crippen LogP contribution in [0.25, 0.3) is 0 Å². The second-order valence-corrected chi connectivity index (χ2v) is 5.17. The zero-order valence-corrected chi connectivity index (χ0v) is 11.2. The van der Waals surface area contributed by atoms with Crippen molar-refractivity contribution in [2.45, 2.75) is 20.4 Å². The minimum atomic E-state index is 0.828. The van der Waals surface area contributed by atoms with Gasteiger partial charge in [-0.15, -0.1) is 11.3 Å². The fraction of sp³-hybridized carbons (Fsp3) is 0.308. The van der Waals surface area contributed by atoms with Crippen LogP contribution in [0.4, 0.5) is 11.4 Å². The summed E-state index contributed by atoms with van der Waals surface area (Å²) in [5, 5.41) is 0. The molecule has 2 rings (SSSR count). The molecule has 0 radical (unpaired) electrons. The Balaban J connectivity index is 2.26. The number of thiazole rings is 1. The fourth-order valence-electron chi connectivity index (χ4n) is 1.98. The smallest absolute Gasteiger partial charge is 0.0798 e. The Morgan fingerprint density at radius 1 is 1.35 bits per heavy atom. The molecule has 90 valence electrons. The van der Waals surface area contributed by atoms with Gasteiger partial charge in [-0.25, -0.2) is 4.98 Å². The van der Waals surface area contributed by atoms with Gasteiger partial charge in [-0.05, 0) is 25.5 Å². The molecule has 1 aromatic carbocycles. The number of nitrogens with zero attached hydrogens (tertiary/aromatic N) is 2. The number of nitrogens with two attached hydrogens (primary N) is 1. The highest BCUT2D eigenvalue weighted by Crippen LogP contribution is 2.28. The van der Waals surface area contributed by atoms with E-state index >= 15 is 0 Å². The van der Waals surface area contributed by atoms with E-state index in [1.807, 2.05) is 24.6 Å². The predicted molar refractivity (Wildman–Crippen MR) is 74.5 cm³/mol. The molecule has 1 heterocycles. The summed E-state index contributed by atoms with van der Waals surface area (Å²) in [7, 11) is 2.07. The van der Waals surface area contributed by atoms with Gasteiger partial charge >= 0.3 is 0 Å². The predicted octanol–water partition coefficient (Wildman–Crippen LogP) is 2.98. The summed E-state index contributed by atoms with van der Waals surface area (Å²) in [5.74, 6) is 0. The second-order valence-electron chi connectivity index (χ2n) is 4.23. The molecular weight excluding hydrogens is 230 g/mol. The topological polar surface area (TPSA) is 42.1 Å². The molecule has 17 heavy (non-hydrogen) atoms. The maximum atomic E-state index is 6.04. The molecule has 0 aliphatic rings. The molecule has 0 aliphatic heterocycles. The molecule has 0 fully saturated rings. The molecule has 0 unspecified atom stereocenters. The third kappa shape index (κ3) is 2.42. The van der Waals surface area contributed by atoms with Crippen molar-refractivity contribution in [3.8, 4) is 0 Å². The number of aryl methyl sites for hydroxylation is 2. The van der Waals surface area contributed by atoms with Crippen LogP contribution < -0.4 is 10.6 Å². The van der Waals surface area contributed by atoms with Gasteiger partial charge in [-0.3, -0.25) is 0 Å². The molecule has 0 bridgehead atoms. The van der Waals surface area contributed by atoms with Crippen molar-refractivity contribution in [1.29, 1.82) is 0 Å². The molecule has 3 nitrogen and oxygen atoms in total. The van der Waals surface area contributed by atoms with E-state index in [2.05, 4.69) is 29.9 Å². The van der Waals surface area contributed by atoms with Gasteiger partial charge in [0.25, 0.3) is 0 Å². The molecule has 2 aromatic rings. The summed E-state index contributed by atoms with van der Waals surface area (Å²) in [6.45, 7) is 4.98. The lowest BCUT2D eigenvalue weighted by Crippen LogP contribution is -2.18. The third-order valence-corrected chi connectivity index (χ3v) is 3.80. The van der Waals surface area contributed by atoms with E-state index in [1.54, 1.807) is 11.3 Å². The zero-order valence-electron chi connectivity index (χ0n) is 10.4. The van der Waals surface area contributed by atoms with E-state index in [0.29, 0.717) is 0 Å². The van der Waals surface area contributed by atoms with Crippen LogP contribution in [0.1, 0.15) is 16.1 Å². The molecule has 0 aliphatic carbocycles. The third-order valence-electron chi connectivity index (χ3n) is 2.88. The van der Waals surface area contributed by atoms with Crippen LogP contribution in [0.5, 0.6) is 0 Å². The average molecular weight is 247 g/mol. The number of hydrogen-bond donors (Lipinski definition) is 1. The molecule has 1 aromatic heterocycles. The first kappa shape index (κ1) is 11.9. The summed E-state index contributed by atoms with van der Waals surface area (Å²) in [4.78, 5) is 7.74. The van der Waals surface area contributed by atoms with Crippen LogP contribution in [0.2, 0.25) is 0 Å². The van der Waals surface area contributed by atoms with Gasteiger partial charge in [0.05, 0.1) is 29.1 Å². The van der Waals surface area contributed by atoms with Crippen molar-refractivity contribution in [2.24, 2.45) is 0 Å². The van der Waals surface area contributed by atoms with Gasteiger partial charge < -0.3 is 10.6 Å². The Morgan fingerprint density at radius 2 is 2.12 bits per heavy atom. The van der Waals surface area contributed by atoms with Crippen LogP contribution in [0.15, 0.2) is 23.7 Å². The van der Waals surface area contributed by atoms with Crippen molar-refractivity contribution in [3.63, 3.8) is 0 Å². The van der Waals surface area contributed by atoms with Crippen LogP contribution >= 0.6 is 11.3 Å². The lowest BCUT2D eigenvalue weighted by Gasteiger charge is -2.22. The summed E-state index contributed by atoms with van der Waals surface area (Å²) < 4.78 is 0. The lowest BCUT2D eigenvalue weighted by atomic mass is 10.1. The quantitative estimate of drug-likeness (QED) is 0.848. The van der Waals surface area contributed by atoms with Crippen molar-refractivity contribution in [2.75, 3.05) is 17.7 Å². The molecule has 0 spiro atoms. The van der Waals surface area contributed by atoms with Crippen molar-refractivity contribution < 1.29 is 0 Å². The van der Waals surface area contributed by atoms with E-state index in [1.165, 1.54) is 10.4 Å². The Labute approximate surface area is 106 Å². The van der Waals surface area contributed by atoms with Gasteiger partial charge in [0.15, 0.2) is 0 Å². The highest BCUT2D eigenvalue weighted by atomic mass is 32.1. The van der Waals surface area contributed by atoms with Crippen LogP contribution in [-0.4, -0.2) is 12.0 Å². The summed E-state index contributed by atoms with van der Waals surface area (Å²) in [6.07, 6.45) is 0. The molecule has 0 amide bonds. The molecule has 4 heteroatoms. The van der Waals surface area contributed by atoms with Gasteiger partial charge in [0.1, 0.15) is 0 Å². The minimum absolute atomic E-state index is 0.828. The normalized spacial score (nSPS) is 10.5. The van der Waals surface area contributed by atoms with Gasteiger partial charge in [0, 0.05) is 11.9 Å². The zero-order chi connectivity index (χ0) is 12.4. The Bertz CT molecular complexity index is 499. The summed E-state index contributed by atoms with van der Waals surface area (Å²) >= 11 is 1.69. The van der Waals surface area contributed by atoms with E-state index in [0.717, 1.165) is 23.6 Å². The minimum Gasteiger partial charge on any atom is -0.397 e. The SMILES string of the molecule is Cc1cccc(N)c1N(C)Cc1scnc1C. The highest BCUT2D eigenvalue weighted by molar-refractivity contribution is 7.09. The molecule has 0 atom stereocenters. The molecule has 0 saturated heterocycles. The van der Waals surface area contributed by atoms with Gasteiger partial charge in [-0.2, -0.15) is 0 Å². The summed E-state index contributed by atoms with van der Waals surface area (Å²) in [5.41, 5.74) is 12.2. The standard InChI is InChI=1S/C13H17N3S/c1-9-5-4-6-11(14)13(9)16(3)7-12-10(2)15-8-17-12/h4-6,8H,7,14H2,1-3H3. The van der Waals surface area contributed by atoms with E-state index in [4.69, 9.17) is 5.73 Å². The maximum absolute atomic E-state index is 6.04. The number of hydrogen-bond acceptors (Lipinski definition) is 4. The molecular formula is C13H17N3S. The lowest BCUT2D eigenvalue weighted by molar-refractivity contribution is 0.922. The summed E-state index contributed by atoms with van der Waals surface area (Å²) in [6, 6.07) is 6.01. The van der Waals surface area contributed by atoms with Crippen LogP contribution in [0.3, 0.4) is 0 Å². The van der Waals surface area contributed by atoms with E-state index < -0.39 is 0 Å². The number of para-hydroxylation sites is 1. The first-order valence-electron chi connectivity index (χ1n) is 5.54. The number of anilines is 2. The number of nitrogen functional groups attached to an aromatic ring is 1. The van der Waals surface area contributed by atoms with Crippen molar-refractivity contribution in [1.82, 2.24) is 4.98 Å². The molecule has 2 N–H and O–H groups in total. The molecule has 0 saturated carbocycles. The monoisotopic (exact) mass is 247 g/mol. The van der Waals surface area contributed by atoms with Crippen LogP contribution in [0, 0.1) is 13.8 Å². The first-order valence-corrected chi connectivity index (χ1v) is 6.42. The van der Waals surface area contributed by atoms with Crippen molar-refractivity contribution in [3.05, 3.63) is 39.8 Å². The van der Waals surface area contributed by atoms with E-state index in [-0.39, 0.29) is 0 Å². The number of aromatic nitrogens is 1. The fourth-order valence-corrected chi connectivity index (χ4v) is 2.81. The van der Waals surface area contributed by atoms with Gasteiger partial charge in [0.2, 0.25) is 0 Å². The Hall–Kier alpha value is -1.55. The number of benzene rings is 1. The van der Waals surface area contributed by atoms with Crippen molar-refractivity contribution >= 4 is 22.7 Å². The maximum Gasteiger partial charge on any atom is 0.0798 e. The highest BCUT2D eigenvalue weighted by Gasteiger charge is 2.11.